The maximum absolute atomic E-state index is 13.9. The average molecular weight is 656 g/mol. The van der Waals surface area contributed by atoms with Gasteiger partial charge < -0.3 is 43.8 Å². The van der Waals surface area contributed by atoms with E-state index < -0.39 is 5.97 Å². The first-order chi connectivity index (χ1) is 23.5. The molecule has 1 aromatic heterocycles. The minimum absolute atomic E-state index is 0.101. The fraction of sp³-hybridized carbons (Fsp3) is 0.361. The molecule has 7 rings (SSSR count). The van der Waals surface area contributed by atoms with Gasteiger partial charge in [0, 0.05) is 41.0 Å². The van der Waals surface area contributed by atoms with Gasteiger partial charge in [0.2, 0.25) is 25.1 Å². The summed E-state index contributed by atoms with van der Waals surface area (Å²) in [5.41, 5.74) is 5.57. The number of amides is 1. The SMILES string of the molecule is COC(=O)c1cc(OC)c2c(c1-c1c(C(=O)NCCCCNc3c4c(nc5ccccc35)CCCC4)cc(OC)c3c1OCO3)OCO2. The second-order valence-corrected chi connectivity index (χ2v) is 11.6. The van der Waals surface area contributed by atoms with E-state index in [1.807, 2.05) is 12.1 Å². The number of ether oxygens (including phenoxy) is 7. The van der Waals surface area contributed by atoms with Crippen LogP contribution in [-0.2, 0) is 17.6 Å². The lowest BCUT2D eigenvalue weighted by Crippen LogP contribution is -2.26. The van der Waals surface area contributed by atoms with Gasteiger partial charge in [0.1, 0.15) is 0 Å². The second kappa shape index (κ2) is 13.4. The zero-order valence-electron chi connectivity index (χ0n) is 27.2. The first kappa shape index (κ1) is 31.2. The summed E-state index contributed by atoms with van der Waals surface area (Å²) in [4.78, 5) is 32.0. The third-order valence-corrected chi connectivity index (χ3v) is 8.92. The number of pyridine rings is 1. The summed E-state index contributed by atoms with van der Waals surface area (Å²) in [6.45, 7) is 0.954. The molecule has 3 aliphatic rings. The van der Waals surface area contributed by atoms with Gasteiger partial charge in [-0.25, -0.2) is 4.79 Å². The van der Waals surface area contributed by atoms with E-state index in [2.05, 4.69) is 22.8 Å². The molecule has 0 saturated carbocycles. The van der Waals surface area contributed by atoms with Crippen LogP contribution in [0.15, 0.2) is 36.4 Å². The molecule has 0 atom stereocenters. The number of aryl methyl sites for hydroxylation is 1. The van der Waals surface area contributed by atoms with Crippen molar-refractivity contribution >= 4 is 28.5 Å². The minimum atomic E-state index is -0.660. The van der Waals surface area contributed by atoms with Gasteiger partial charge in [0.15, 0.2) is 23.0 Å². The molecule has 0 unspecified atom stereocenters. The van der Waals surface area contributed by atoms with Gasteiger partial charge in [0.25, 0.3) is 5.91 Å². The van der Waals surface area contributed by atoms with E-state index in [1.165, 1.54) is 57.2 Å². The van der Waals surface area contributed by atoms with Crippen molar-refractivity contribution in [3.05, 3.63) is 58.8 Å². The highest BCUT2D eigenvalue weighted by atomic mass is 16.7. The van der Waals surface area contributed by atoms with E-state index in [1.54, 1.807) is 6.07 Å². The Kier molecular flexibility index (Phi) is 8.70. The number of nitrogens with one attached hydrogen (secondary N) is 2. The smallest absolute Gasteiger partial charge is 0.338 e. The number of anilines is 1. The topological polar surface area (TPSA) is 136 Å². The predicted molar refractivity (Wildman–Crippen MR) is 177 cm³/mol. The zero-order chi connectivity index (χ0) is 33.2. The molecule has 1 aliphatic carbocycles. The molecule has 2 aliphatic heterocycles. The van der Waals surface area contributed by atoms with Gasteiger partial charge in [-0.1, -0.05) is 18.2 Å². The molecule has 0 fully saturated rings. The summed E-state index contributed by atoms with van der Waals surface area (Å²) in [6.07, 6.45) is 5.92. The third kappa shape index (κ3) is 5.50. The molecule has 250 valence electrons. The van der Waals surface area contributed by atoms with Crippen LogP contribution in [0.4, 0.5) is 5.69 Å². The van der Waals surface area contributed by atoms with Crippen molar-refractivity contribution in [3.63, 3.8) is 0 Å². The van der Waals surface area contributed by atoms with Gasteiger partial charge in [-0.15, -0.1) is 0 Å². The summed E-state index contributed by atoms with van der Waals surface area (Å²) in [5.74, 6) is 0.624. The molecular weight excluding hydrogens is 618 g/mol. The Balaban J connectivity index is 1.13. The normalized spacial score (nSPS) is 14.0. The van der Waals surface area contributed by atoms with Crippen LogP contribution in [0, 0.1) is 0 Å². The molecular formula is C36H37N3O9. The number of fused-ring (bicyclic) bond motifs is 4. The van der Waals surface area contributed by atoms with Crippen LogP contribution in [0.3, 0.4) is 0 Å². The molecule has 1 amide bonds. The lowest BCUT2D eigenvalue weighted by Gasteiger charge is -2.21. The van der Waals surface area contributed by atoms with Crippen molar-refractivity contribution in [1.82, 2.24) is 10.3 Å². The molecule has 0 spiro atoms. The first-order valence-electron chi connectivity index (χ1n) is 16.1. The third-order valence-electron chi connectivity index (χ3n) is 8.92. The molecule has 4 aromatic rings. The van der Waals surface area contributed by atoms with Crippen LogP contribution in [0.25, 0.3) is 22.0 Å². The van der Waals surface area contributed by atoms with Crippen molar-refractivity contribution in [2.24, 2.45) is 0 Å². The molecule has 48 heavy (non-hydrogen) atoms. The number of benzene rings is 3. The Labute approximate surface area is 277 Å². The highest BCUT2D eigenvalue weighted by molar-refractivity contribution is 6.10. The monoisotopic (exact) mass is 655 g/mol. The summed E-state index contributed by atoms with van der Waals surface area (Å²) < 4.78 is 39.3. The predicted octanol–water partition coefficient (Wildman–Crippen LogP) is 5.66. The number of unbranched alkanes of at least 4 members (excludes halogenated alkanes) is 1. The van der Waals surface area contributed by atoms with E-state index in [0.29, 0.717) is 29.4 Å². The van der Waals surface area contributed by atoms with Gasteiger partial charge in [-0.3, -0.25) is 9.78 Å². The van der Waals surface area contributed by atoms with Crippen LogP contribution in [-0.4, -0.2) is 64.9 Å². The largest absolute Gasteiger partial charge is 0.493 e. The van der Waals surface area contributed by atoms with Crippen LogP contribution in [0.1, 0.15) is 57.7 Å². The second-order valence-electron chi connectivity index (χ2n) is 11.6. The molecule has 12 heteroatoms. The van der Waals surface area contributed by atoms with E-state index in [0.717, 1.165) is 43.1 Å². The number of aromatic nitrogens is 1. The highest BCUT2D eigenvalue weighted by Gasteiger charge is 2.37. The minimum Gasteiger partial charge on any atom is -0.493 e. The van der Waals surface area contributed by atoms with Gasteiger partial charge in [-0.2, -0.15) is 0 Å². The van der Waals surface area contributed by atoms with E-state index in [4.69, 9.17) is 38.1 Å². The van der Waals surface area contributed by atoms with Crippen LogP contribution >= 0.6 is 0 Å². The van der Waals surface area contributed by atoms with Gasteiger partial charge in [0.05, 0.1) is 38.0 Å². The Morgan fingerprint density at radius 3 is 2.12 bits per heavy atom. The molecule has 12 nitrogen and oxygen atoms in total. The quantitative estimate of drug-likeness (QED) is 0.153. The molecule has 3 aromatic carbocycles. The fourth-order valence-corrected chi connectivity index (χ4v) is 6.66. The molecule has 0 radical (unpaired) electrons. The number of para-hydroxylation sites is 1. The summed E-state index contributed by atoms with van der Waals surface area (Å²) in [6, 6.07) is 11.3. The number of carbonyl (C=O) groups excluding carboxylic acids is 2. The Bertz CT molecular complexity index is 1910. The first-order valence-corrected chi connectivity index (χ1v) is 16.1. The number of rotatable bonds is 11. The zero-order valence-corrected chi connectivity index (χ0v) is 27.2. The molecule has 3 heterocycles. The molecule has 0 saturated heterocycles. The highest BCUT2D eigenvalue weighted by Crippen LogP contribution is 2.56. The summed E-state index contributed by atoms with van der Waals surface area (Å²) in [7, 11) is 4.22. The molecule has 0 bridgehead atoms. The number of hydrogen-bond acceptors (Lipinski definition) is 11. The maximum atomic E-state index is 13.9. The van der Waals surface area contributed by atoms with Crippen molar-refractivity contribution < 1.29 is 42.7 Å². The van der Waals surface area contributed by atoms with Gasteiger partial charge >= 0.3 is 5.97 Å². The van der Waals surface area contributed by atoms with Crippen LogP contribution in [0.2, 0.25) is 0 Å². The number of hydrogen-bond donors (Lipinski definition) is 2. The Morgan fingerprint density at radius 1 is 0.792 bits per heavy atom. The van der Waals surface area contributed by atoms with Gasteiger partial charge in [-0.05, 0) is 62.3 Å². The number of nitrogens with zero attached hydrogens (tertiary/aromatic N) is 1. The van der Waals surface area contributed by atoms with Crippen LogP contribution in [0.5, 0.6) is 34.5 Å². The maximum Gasteiger partial charge on any atom is 0.338 e. The van der Waals surface area contributed by atoms with E-state index in [-0.39, 0.29) is 53.4 Å². The average Bonchev–Trinajstić information content (AvgIpc) is 3.82. The fourth-order valence-electron chi connectivity index (χ4n) is 6.66. The van der Waals surface area contributed by atoms with E-state index in [9.17, 15) is 9.59 Å². The van der Waals surface area contributed by atoms with Crippen molar-refractivity contribution in [3.8, 4) is 45.6 Å². The summed E-state index contributed by atoms with van der Waals surface area (Å²) >= 11 is 0. The number of esters is 1. The Morgan fingerprint density at radius 2 is 1.42 bits per heavy atom. The molecule has 2 N–H and O–H groups in total. The standard InChI is InChI=1S/C36H37N3O9/c1-42-26-16-22(28(33-31(26)45-18-47-33)29-23(36(41)44-3)17-27(43-2)32-34(29)48-19-46-32)35(40)38-15-9-8-14-37-30-20-10-4-6-12-24(20)39-25-13-7-5-11-21(25)30/h4,6,10,12,16-17H,5,7-9,11,13-15,18-19H2,1-3H3,(H,37,39)(H,38,40). The van der Waals surface area contributed by atoms with E-state index >= 15 is 0 Å². The van der Waals surface area contributed by atoms with Crippen molar-refractivity contribution in [2.75, 3.05) is 53.3 Å². The van der Waals surface area contributed by atoms with Crippen molar-refractivity contribution in [1.29, 1.82) is 0 Å². The van der Waals surface area contributed by atoms with Crippen molar-refractivity contribution in [2.45, 2.75) is 38.5 Å². The lowest BCUT2D eigenvalue weighted by molar-refractivity contribution is 0.0600. The Hall–Kier alpha value is -5.39. The number of methoxy groups -OCH3 is 3. The lowest BCUT2D eigenvalue weighted by atomic mass is 9.91. The van der Waals surface area contributed by atoms with Crippen LogP contribution < -0.4 is 39.1 Å². The summed E-state index contributed by atoms with van der Waals surface area (Å²) in [5, 5.41) is 7.87. The number of carbonyl (C=O) groups is 2.